The molecule has 16 nitrogen and oxygen atoms in total. The zero-order chi connectivity index (χ0) is 42.9. The van der Waals surface area contributed by atoms with Gasteiger partial charge in [-0.05, 0) is 104 Å². The molecule has 1 saturated carbocycles. The van der Waals surface area contributed by atoms with E-state index in [0.717, 1.165) is 46.9 Å². The first-order valence-corrected chi connectivity index (χ1v) is 21.8. The zero-order valence-electron chi connectivity index (χ0n) is 35.4. The van der Waals surface area contributed by atoms with E-state index in [4.69, 9.17) is 23.9 Å². The number of hydrogen-bond donors (Lipinski definition) is 4. The number of hydrogen-bond acceptors (Lipinski definition) is 10. The lowest BCUT2D eigenvalue weighted by Gasteiger charge is -2.35. The van der Waals surface area contributed by atoms with E-state index in [0.29, 0.717) is 81.9 Å². The quantitative estimate of drug-likeness (QED) is 0.162. The molecule has 0 spiro atoms. The summed E-state index contributed by atoms with van der Waals surface area (Å²) in [6.45, 7) is 4.92. The molecule has 5 aliphatic rings. The molecule has 62 heavy (non-hydrogen) atoms. The maximum atomic E-state index is 14.2. The number of amides is 4. The third-order valence-corrected chi connectivity index (χ3v) is 13.4. The lowest BCUT2D eigenvalue weighted by atomic mass is 9.90. The number of aromatic nitrogens is 4. The van der Waals surface area contributed by atoms with Gasteiger partial charge in [-0.2, -0.15) is 0 Å². The summed E-state index contributed by atoms with van der Waals surface area (Å²) in [4.78, 5) is 73.1. The van der Waals surface area contributed by atoms with Crippen molar-refractivity contribution in [2.45, 2.75) is 82.1 Å². The molecule has 7 atom stereocenters. The molecule has 1 aliphatic carbocycles. The highest BCUT2D eigenvalue weighted by molar-refractivity contribution is 5.89. The number of alkyl carbamates (subject to hydrolysis) is 2. The Morgan fingerprint density at radius 1 is 0.758 bits per heavy atom. The van der Waals surface area contributed by atoms with Gasteiger partial charge in [0.15, 0.2) is 0 Å². The van der Waals surface area contributed by atoms with Crippen molar-refractivity contribution in [2.24, 2.45) is 23.7 Å². The first-order valence-electron chi connectivity index (χ1n) is 21.8. The van der Waals surface area contributed by atoms with Crippen LogP contribution in [0.3, 0.4) is 0 Å². The van der Waals surface area contributed by atoms with Crippen LogP contribution in [-0.4, -0.2) is 119 Å². The molecule has 5 fully saturated rings. The minimum Gasteiger partial charge on any atom is -0.453 e. The molecule has 16 heteroatoms. The maximum Gasteiger partial charge on any atom is 0.407 e. The average Bonchev–Trinajstić information content (AvgIpc) is 3.78. The molecule has 2 aromatic carbocycles. The van der Waals surface area contributed by atoms with Crippen LogP contribution in [-0.2, 0) is 28.5 Å². The summed E-state index contributed by atoms with van der Waals surface area (Å²) in [6.07, 6.45) is 7.58. The molecule has 2 aromatic heterocycles. The molecular weight excluding hydrogens is 793 g/mol. The van der Waals surface area contributed by atoms with E-state index < -0.39 is 24.3 Å². The largest absolute Gasteiger partial charge is 0.453 e. The van der Waals surface area contributed by atoms with Crippen molar-refractivity contribution in [1.82, 2.24) is 40.4 Å². The van der Waals surface area contributed by atoms with Crippen LogP contribution in [0.15, 0.2) is 48.8 Å². The van der Waals surface area contributed by atoms with E-state index in [1.54, 1.807) is 6.20 Å². The highest BCUT2D eigenvalue weighted by Gasteiger charge is 2.56. The zero-order valence-corrected chi connectivity index (χ0v) is 35.4. The van der Waals surface area contributed by atoms with E-state index >= 15 is 0 Å². The summed E-state index contributed by atoms with van der Waals surface area (Å²) in [5.41, 5.74) is 3.31. The van der Waals surface area contributed by atoms with Gasteiger partial charge in [-0.3, -0.25) is 9.59 Å². The minimum atomic E-state index is -0.703. The number of imidazole rings is 2. The number of methoxy groups -OCH3 is 2. The second-order valence-corrected chi connectivity index (χ2v) is 17.4. The van der Waals surface area contributed by atoms with Gasteiger partial charge in [0.05, 0.1) is 44.4 Å². The number of fused-ring (bicyclic) bond motifs is 2. The number of aromatic amines is 2. The average molecular weight is 847 g/mol. The Kier molecular flexibility index (Phi) is 11.9. The first-order chi connectivity index (χ1) is 30.2. The van der Waals surface area contributed by atoms with Gasteiger partial charge in [-0.1, -0.05) is 31.0 Å². The monoisotopic (exact) mass is 846 g/mol. The second-order valence-electron chi connectivity index (χ2n) is 17.4. The normalized spacial score (nSPS) is 24.7. The van der Waals surface area contributed by atoms with Gasteiger partial charge in [-0.15, -0.1) is 0 Å². The Morgan fingerprint density at radius 3 is 2.08 bits per heavy atom. The summed E-state index contributed by atoms with van der Waals surface area (Å²) in [5, 5.41) is 7.73. The lowest BCUT2D eigenvalue weighted by Crippen LogP contribution is -2.54. The number of ether oxygens (including phenoxy) is 4. The second kappa shape index (κ2) is 17.8. The number of carbonyl (C=O) groups is 4. The third kappa shape index (κ3) is 8.60. The highest BCUT2D eigenvalue weighted by atomic mass is 16.5. The fourth-order valence-electron chi connectivity index (χ4n) is 9.99. The fraction of sp³-hybridized carbons (Fsp3) is 0.522. The number of nitrogens with zero attached hydrogens (tertiary/aromatic N) is 4. The Bertz CT molecular complexity index is 2370. The van der Waals surface area contributed by atoms with Gasteiger partial charge in [0.2, 0.25) is 11.8 Å². The molecule has 0 unspecified atom stereocenters. The summed E-state index contributed by atoms with van der Waals surface area (Å²) in [6, 6.07) is 10.6. The van der Waals surface area contributed by atoms with Crippen LogP contribution in [0.5, 0.6) is 0 Å². The van der Waals surface area contributed by atoms with Crippen LogP contribution in [0.1, 0.15) is 86.9 Å². The number of benzene rings is 2. The summed E-state index contributed by atoms with van der Waals surface area (Å²) in [5.74, 6) is 8.31. The van der Waals surface area contributed by atoms with Gasteiger partial charge in [0, 0.05) is 50.1 Å². The molecule has 0 bridgehead atoms. The SMILES string of the molecule is COC(=O)N[C@H](C(=O)N1C[C@@H](C)C[C@H]1c1ncc(-c2ccc3cc(C#Cc4cnc([C@@H]5C[C@H]6C[C@H]6N5C(=O)[C@@H](NC(=O)OC)C5CCOCC5)[nH]4)ccc3c2)[nH]1)C1CCOCC1. The van der Waals surface area contributed by atoms with Crippen LogP contribution in [0.4, 0.5) is 9.59 Å². The Morgan fingerprint density at radius 2 is 1.39 bits per heavy atom. The molecular formula is C46H54N8O8. The predicted octanol–water partition coefficient (Wildman–Crippen LogP) is 5.23. The van der Waals surface area contributed by atoms with Gasteiger partial charge < -0.3 is 49.3 Å². The minimum absolute atomic E-state index is 0.0322. The smallest absolute Gasteiger partial charge is 0.407 e. The van der Waals surface area contributed by atoms with Crippen LogP contribution in [0, 0.1) is 35.5 Å². The van der Waals surface area contributed by atoms with Crippen molar-refractivity contribution in [3.8, 4) is 23.1 Å². The van der Waals surface area contributed by atoms with Crippen molar-refractivity contribution in [2.75, 3.05) is 47.2 Å². The lowest BCUT2D eigenvalue weighted by molar-refractivity contribution is -0.138. The van der Waals surface area contributed by atoms with E-state index in [1.165, 1.54) is 14.2 Å². The number of likely N-dealkylation sites (tertiary alicyclic amines) is 2. The van der Waals surface area contributed by atoms with E-state index in [1.807, 2.05) is 34.2 Å². The number of piperidine rings is 1. The Balaban J connectivity index is 0.877. The van der Waals surface area contributed by atoms with Crippen LogP contribution in [0.2, 0.25) is 0 Å². The van der Waals surface area contributed by atoms with Crippen LogP contribution in [0.25, 0.3) is 22.0 Å². The van der Waals surface area contributed by atoms with Gasteiger partial charge in [0.1, 0.15) is 29.4 Å². The maximum absolute atomic E-state index is 14.2. The molecule has 4 saturated heterocycles. The van der Waals surface area contributed by atoms with Gasteiger partial charge in [0.25, 0.3) is 0 Å². The summed E-state index contributed by atoms with van der Waals surface area (Å²) < 4.78 is 20.9. The van der Waals surface area contributed by atoms with Crippen molar-refractivity contribution in [3.63, 3.8) is 0 Å². The molecule has 4 N–H and O–H groups in total. The van der Waals surface area contributed by atoms with E-state index in [9.17, 15) is 19.2 Å². The fourth-order valence-corrected chi connectivity index (χ4v) is 9.99. The number of rotatable bonds is 9. The number of carbonyl (C=O) groups excluding carboxylic acids is 4. The van der Waals surface area contributed by atoms with Crippen LogP contribution >= 0.6 is 0 Å². The molecule has 4 aromatic rings. The number of nitrogens with one attached hydrogen (secondary N) is 4. The Labute approximate surface area is 360 Å². The summed E-state index contributed by atoms with van der Waals surface area (Å²) >= 11 is 0. The topological polar surface area (TPSA) is 193 Å². The molecule has 0 radical (unpaired) electrons. The highest BCUT2D eigenvalue weighted by Crippen LogP contribution is 2.53. The molecule has 4 amide bonds. The molecule has 9 rings (SSSR count). The van der Waals surface area contributed by atoms with Gasteiger partial charge in [-0.25, -0.2) is 19.6 Å². The van der Waals surface area contributed by atoms with E-state index in [-0.39, 0.29) is 47.7 Å². The van der Waals surface area contributed by atoms with Gasteiger partial charge >= 0.3 is 12.2 Å². The van der Waals surface area contributed by atoms with Crippen LogP contribution < -0.4 is 10.6 Å². The molecule has 4 aliphatic heterocycles. The van der Waals surface area contributed by atoms with Crippen molar-refractivity contribution >= 4 is 34.8 Å². The predicted molar refractivity (Wildman–Crippen MR) is 226 cm³/mol. The van der Waals surface area contributed by atoms with Crippen molar-refractivity contribution < 1.29 is 38.1 Å². The molecule has 6 heterocycles. The van der Waals surface area contributed by atoms with Crippen molar-refractivity contribution in [1.29, 1.82) is 0 Å². The van der Waals surface area contributed by atoms with Crippen molar-refractivity contribution in [3.05, 3.63) is 71.7 Å². The van der Waals surface area contributed by atoms with E-state index in [2.05, 4.69) is 62.5 Å². The third-order valence-electron chi connectivity index (χ3n) is 13.4. The molecule has 326 valence electrons. The standard InChI is InChI=1S/C46H54N8O8/c1-26-18-37(53(25-26)43(55)39(51-45(57)59-2)28-10-14-61-15-11-28)41-48-24-35(50-41)32-8-7-30-19-27(4-6-31(30)20-32)5-9-34-23-47-42(49-34)38-22-33-21-36(33)54(38)44(56)40(52-46(58)60-3)29-12-16-62-17-13-29/h4,6-8,19-20,23-24,26,28-29,33,36-40H,10-18,21-22,25H2,1-3H3,(H,47,49)(H,48,50)(H,51,57)(H,52,58)/t26-,33+,36+,37-,38-,39-,40-/m0/s1. The Hall–Kier alpha value is -5.92. The number of H-pyrrole nitrogens is 2. The first kappa shape index (κ1) is 41.4. The summed E-state index contributed by atoms with van der Waals surface area (Å²) in [7, 11) is 2.62.